The lowest BCUT2D eigenvalue weighted by molar-refractivity contribution is -0.141. The quantitative estimate of drug-likeness (QED) is 0.0701. The van der Waals surface area contributed by atoms with Gasteiger partial charge < -0.3 is 52.7 Å². The number of carbonyl (C=O) groups is 9. The molecule has 0 spiro atoms. The van der Waals surface area contributed by atoms with Crippen molar-refractivity contribution >= 4 is 80.6 Å². The molecule has 1 aromatic heterocycles. The summed E-state index contributed by atoms with van der Waals surface area (Å²) in [5, 5.41) is 40.3. The average molecular weight is 998 g/mol. The van der Waals surface area contributed by atoms with Crippen molar-refractivity contribution in [2.24, 2.45) is 5.92 Å². The highest BCUT2D eigenvalue weighted by Gasteiger charge is 2.36. The fourth-order valence-corrected chi connectivity index (χ4v) is 8.09. The molecule has 2 aromatic carbocycles. The fraction of sp³-hybridized carbons (Fsp3) is 0.409. The number of amides is 8. The Morgan fingerprint density at radius 1 is 0.826 bits per heavy atom. The molecule has 3 aromatic rings. The molecule has 0 unspecified atom stereocenters. The summed E-state index contributed by atoms with van der Waals surface area (Å²) < 4.78 is 33.7. The van der Waals surface area contributed by atoms with Gasteiger partial charge in [-0.25, -0.2) is 4.98 Å². The number of nitrogens with zero attached hydrogens (tertiary/aromatic N) is 1. The van der Waals surface area contributed by atoms with Crippen LogP contribution in [0.4, 0.5) is 0 Å². The van der Waals surface area contributed by atoms with Crippen molar-refractivity contribution in [3.8, 4) is 11.5 Å². The average Bonchev–Trinajstić information content (AvgIpc) is 3.78. The van der Waals surface area contributed by atoms with Gasteiger partial charge in [-0.1, -0.05) is 45.7 Å². The van der Waals surface area contributed by atoms with Gasteiger partial charge >= 0.3 is 0 Å². The molecule has 0 saturated carbocycles. The lowest BCUT2D eigenvalue weighted by Crippen LogP contribution is -2.61. The maximum atomic E-state index is 14.0. The van der Waals surface area contributed by atoms with Crippen LogP contribution in [0.25, 0.3) is 6.08 Å². The van der Waals surface area contributed by atoms with Crippen LogP contribution in [0.1, 0.15) is 79.6 Å². The largest absolute Gasteiger partial charge is 0.508 e. The standard InChI is InChI=1S/C44H55N9O14S2/c1-5-7-30-41(62)53-36(23(3)6-2)37(58)43(64)51-31(18-25-8-13-28(54)14-9-25)44-48-27(21-68-44)12-17-34(56)49-33(22-69(65,66)67)40(61)45-19-32(42(63)50-30)52-38(59)24(4)47-35(57)20-46-39(60)26-10-15-29(55)16-11-26/h8-17,21,23-24,30-33,36,54-55H,5-7,18-20,22H2,1-4H3,(H,45,61)(H,46,60)(H,47,57)(H,49,56)(H,50,63)(H,51,64)(H,52,59)(H,53,62)(H,65,66,67)/b17-12-/t23-,24-,30-,31-,32-,33-,36-/m0/s1. The Morgan fingerprint density at radius 3 is 2.10 bits per heavy atom. The molecule has 0 aliphatic carbocycles. The predicted octanol–water partition coefficient (Wildman–Crippen LogP) is -0.726. The van der Waals surface area contributed by atoms with E-state index in [4.69, 9.17) is 0 Å². The number of rotatable bonds is 14. The smallest absolute Gasteiger partial charge is 0.290 e. The van der Waals surface area contributed by atoms with Crippen molar-refractivity contribution in [1.82, 2.24) is 47.5 Å². The van der Waals surface area contributed by atoms with Crippen LogP contribution < -0.4 is 42.5 Å². The van der Waals surface area contributed by atoms with Crippen LogP contribution in [-0.4, -0.2) is 130 Å². The molecular formula is C44H55N9O14S2. The van der Waals surface area contributed by atoms with E-state index in [1.807, 2.05) is 0 Å². The summed E-state index contributed by atoms with van der Waals surface area (Å²) in [7, 11) is -4.95. The first-order valence-corrected chi connectivity index (χ1v) is 24.1. The molecule has 372 valence electrons. The van der Waals surface area contributed by atoms with Gasteiger partial charge in [0.05, 0.1) is 24.3 Å². The van der Waals surface area contributed by atoms with Crippen molar-refractivity contribution in [2.45, 2.75) is 89.6 Å². The molecule has 1 aliphatic rings. The fourth-order valence-electron chi connectivity index (χ4n) is 6.60. The van der Waals surface area contributed by atoms with Crippen molar-refractivity contribution in [3.63, 3.8) is 0 Å². The van der Waals surface area contributed by atoms with E-state index in [1.165, 1.54) is 54.8 Å². The van der Waals surface area contributed by atoms with Gasteiger partial charge in [0.2, 0.25) is 41.2 Å². The minimum Gasteiger partial charge on any atom is -0.508 e. The van der Waals surface area contributed by atoms with Gasteiger partial charge in [-0.3, -0.25) is 47.7 Å². The number of phenolic OH excluding ortho intramolecular Hbond substituents is 2. The molecular weight excluding hydrogens is 943 g/mol. The molecule has 69 heavy (non-hydrogen) atoms. The number of carbonyl (C=O) groups excluding carboxylic acids is 9. The lowest BCUT2D eigenvalue weighted by Gasteiger charge is -2.28. The van der Waals surface area contributed by atoms with Crippen LogP contribution >= 0.6 is 11.3 Å². The highest BCUT2D eigenvalue weighted by molar-refractivity contribution is 7.85. The van der Waals surface area contributed by atoms with Gasteiger partial charge in [0.1, 0.15) is 46.4 Å². The Bertz CT molecular complexity index is 2520. The Morgan fingerprint density at radius 2 is 1.48 bits per heavy atom. The van der Waals surface area contributed by atoms with Gasteiger partial charge in [0.25, 0.3) is 21.9 Å². The van der Waals surface area contributed by atoms with Crippen molar-refractivity contribution in [3.05, 3.63) is 81.8 Å². The third-order valence-electron chi connectivity index (χ3n) is 10.6. The minimum atomic E-state index is -4.95. The maximum absolute atomic E-state index is 14.0. The van der Waals surface area contributed by atoms with Gasteiger partial charge in [0.15, 0.2) is 0 Å². The zero-order chi connectivity index (χ0) is 51.0. The van der Waals surface area contributed by atoms with Gasteiger partial charge in [-0.15, -0.1) is 11.3 Å². The Hall–Kier alpha value is -7.25. The Balaban J connectivity index is 1.67. The van der Waals surface area contributed by atoms with E-state index in [2.05, 4.69) is 47.5 Å². The zero-order valence-corrected chi connectivity index (χ0v) is 39.6. The van der Waals surface area contributed by atoms with E-state index in [-0.39, 0.29) is 47.0 Å². The van der Waals surface area contributed by atoms with Crippen LogP contribution in [0.3, 0.4) is 0 Å². The van der Waals surface area contributed by atoms with E-state index in [1.54, 1.807) is 32.9 Å². The van der Waals surface area contributed by atoms with E-state index in [0.29, 0.717) is 12.0 Å². The summed E-state index contributed by atoms with van der Waals surface area (Å²) in [6, 6.07) is 2.21. The molecule has 11 N–H and O–H groups in total. The molecule has 25 heteroatoms. The number of aromatic nitrogens is 1. The first-order chi connectivity index (χ1) is 32.6. The number of fused-ring (bicyclic) bond motifs is 2. The molecule has 0 saturated heterocycles. The van der Waals surface area contributed by atoms with Crippen molar-refractivity contribution < 1.29 is 66.3 Å². The molecule has 1 aliphatic heterocycles. The van der Waals surface area contributed by atoms with Gasteiger partial charge in [-0.05, 0) is 73.7 Å². The summed E-state index contributed by atoms with van der Waals surface area (Å²) in [6.07, 6.45) is 2.72. The summed E-state index contributed by atoms with van der Waals surface area (Å²) in [5.74, 6) is -11.0. The first kappa shape index (κ1) is 54.4. The van der Waals surface area contributed by atoms with E-state index in [9.17, 15) is 66.3 Å². The van der Waals surface area contributed by atoms with Crippen LogP contribution in [0.5, 0.6) is 11.5 Å². The normalized spacial score (nSPS) is 21.3. The van der Waals surface area contributed by atoms with Gasteiger partial charge in [-0.2, -0.15) is 8.42 Å². The molecule has 8 amide bonds. The topological polar surface area (TPSA) is 358 Å². The van der Waals surface area contributed by atoms with Crippen molar-refractivity contribution in [2.75, 3.05) is 18.8 Å². The monoisotopic (exact) mass is 997 g/mol. The number of hydrogen-bond acceptors (Lipinski definition) is 15. The van der Waals surface area contributed by atoms with Crippen molar-refractivity contribution in [1.29, 1.82) is 0 Å². The summed E-state index contributed by atoms with van der Waals surface area (Å²) in [5.41, 5.74) is 0.906. The van der Waals surface area contributed by atoms with E-state index >= 15 is 0 Å². The molecule has 2 heterocycles. The number of Topliss-reactive ketones (excluding diaryl/α,β-unsaturated/α-hetero) is 1. The third-order valence-corrected chi connectivity index (χ3v) is 12.3. The number of nitrogens with one attached hydrogen (secondary N) is 8. The zero-order valence-electron chi connectivity index (χ0n) is 37.9. The second-order valence-electron chi connectivity index (χ2n) is 16.1. The SMILES string of the molecule is CCC[C@@H]1NC(=O)[C@@H](NC(=O)[C@H](C)NC(=O)CNC(=O)c2ccc(O)cc2)CNC(=O)[C@H](CS(=O)(=O)O)NC(=O)/C=C\c2csc(n2)[C@H](Cc2ccc(O)cc2)NC(=O)C(=O)[C@H]([C@@H](C)CC)NC1=O. The van der Waals surface area contributed by atoms with Crippen LogP contribution in [0.15, 0.2) is 60.0 Å². The van der Waals surface area contributed by atoms with E-state index < -0.39 is 124 Å². The lowest BCUT2D eigenvalue weighted by atomic mass is 9.94. The molecule has 23 nitrogen and oxygen atoms in total. The molecule has 0 radical (unpaired) electrons. The highest BCUT2D eigenvalue weighted by atomic mass is 32.2. The minimum absolute atomic E-state index is 0.0223. The van der Waals surface area contributed by atoms with E-state index in [0.717, 1.165) is 17.4 Å². The number of benzene rings is 2. The number of thiazole rings is 1. The number of aromatic hydroxyl groups is 2. The summed E-state index contributed by atoms with van der Waals surface area (Å²) >= 11 is 1.05. The summed E-state index contributed by atoms with van der Waals surface area (Å²) in [4.78, 5) is 126. The molecule has 7 atom stereocenters. The first-order valence-electron chi connectivity index (χ1n) is 21.6. The number of phenols is 2. The second kappa shape index (κ2) is 25.2. The van der Waals surface area contributed by atoms with Gasteiger partial charge in [0, 0.05) is 23.6 Å². The van der Waals surface area contributed by atoms with Crippen LogP contribution in [0.2, 0.25) is 0 Å². The molecule has 4 rings (SSSR count). The highest BCUT2D eigenvalue weighted by Crippen LogP contribution is 2.25. The van der Waals surface area contributed by atoms with Crippen LogP contribution in [-0.2, 0) is 54.9 Å². The Kier molecular flexibility index (Phi) is 19.9. The number of hydrogen-bond donors (Lipinski definition) is 11. The predicted molar refractivity (Wildman–Crippen MR) is 248 cm³/mol. The van der Waals surface area contributed by atoms with Crippen LogP contribution in [0, 0.1) is 5.92 Å². The molecule has 0 fully saturated rings. The molecule has 2 bridgehead atoms. The third kappa shape index (κ3) is 17.1. The summed E-state index contributed by atoms with van der Waals surface area (Å²) in [6.45, 7) is 4.84. The Labute approximate surface area is 400 Å². The number of ketones is 1. The second-order valence-corrected chi connectivity index (χ2v) is 18.4. The maximum Gasteiger partial charge on any atom is 0.290 e.